The van der Waals surface area contributed by atoms with Gasteiger partial charge in [-0.25, -0.2) is 13.2 Å². The van der Waals surface area contributed by atoms with Gasteiger partial charge in [-0.1, -0.05) is 44.2 Å². The van der Waals surface area contributed by atoms with E-state index in [1.54, 1.807) is 19.2 Å². The van der Waals surface area contributed by atoms with Crippen molar-refractivity contribution in [2.75, 3.05) is 46.2 Å². The molecule has 2 saturated heterocycles. The van der Waals surface area contributed by atoms with Crippen molar-refractivity contribution in [2.45, 2.75) is 56.1 Å². The molecule has 2 aromatic rings. The van der Waals surface area contributed by atoms with Gasteiger partial charge in [-0.05, 0) is 48.6 Å². The van der Waals surface area contributed by atoms with Gasteiger partial charge in [-0.3, -0.25) is 0 Å². The standard InChI is InChI=1S/C29H41N3O7S/c1-20(2)17-32(40(34,35)23-12-10-22(30)11-13-23)18-26(36-4)25(16-21-8-6-5-7-9-21)31(3)29(33)39-27-19-38-28-24(27)14-15-37-28/h5-13,20,24-28H,14-19,30H2,1-4H3/t24-,25-,26+,27-,28+/m0/s1. The number of ether oxygens (including phenoxy) is 4. The van der Waals surface area contributed by atoms with E-state index >= 15 is 0 Å². The Morgan fingerprint density at radius 1 is 1.07 bits per heavy atom. The average Bonchev–Trinajstić information content (AvgIpc) is 3.55. The van der Waals surface area contributed by atoms with Gasteiger partial charge in [-0.2, -0.15) is 4.31 Å². The Bertz CT molecular complexity index is 1210. The van der Waals surface area contributed by atoms with E-state index in [-0.39, 0.29) is 42.7 Å². The second-order valence-corrected chi connectivity index (χ2v) is 12.8. The molecule has 40 heavy (non-hydrogen) atoms. The van der Waals surface area contributed by atoms with Crippen LogP contribution in [0, 0.1) is 11.8 Å². The zero-order valence-corrected chi connectivity index (χ0v) is 24.5. The van der Waals surface area contributed by atoms with E-state index < -0.39 is 34.4 Å². The number of anilines is 1. The number of methoxy groups -OCH3 is 1. The van der Waals surface area contributed by atoms with Crippen molar-refractivity contribution in [1.82, 2.24) is 9.21 Å². The zero-order chi connectivity index (χ0) is 28.9. The first-order valence-electron chi connectivity index (χ1n) is 13.7. The smallest absolute Gasteiger partial charge is 0.410 e. The molecular weight excluding hydrogens is 534 g/mol. The second-order valence-electron chi connectivity index (χ2n) is 10.9. The third-order valence-corrected chi connectivity index (χ3v) is 9.36. The molecule has 220 valence electrons. The summed E-state index contributed by atoms with van der Waals surface area (Å²) in [6, 6.07) is 15.4. The van der Waals surface area contributed by atoms with E-state index in [1.165, 1.54) is 28.4 Å². The minimum atomic E-state index is -3.87. The number of carbonyl (C=O) groups excluding carboxylic acids is 1. The summed E-state index contributed by atoms with van der Waals surface area (Å²) in [6.07, 6.45) is -0.683. The predicted molar refractivity (Wildman–Crippen MR) is 151 cm³/mol. The Labute approximate surface area is 237 Å². The highest BCUT2D eigenvalue weighted by Crippen LogP contribution is 2.33. The number of carbonyl (C=O) groups is 1. The molecule has 4 rings (SSSR count). The number of nitrogens with zero attached hydrogens (tertiary/aromatic N) is 2. The van der Waals surface area contributed by atoms with Gasteiger partial charge in [0.15, 0.2) is 6.29 Å². The monoisotopic (exact) mass is 575 g/mol. The summed E-state index contributed by atoms with van der Waals surface area (Å²) in [5.74, 6) is 0.0648. The molecule has 2 fully saturated rings. The topological polar surface area (TPSA) is 121 Å². The molecule has 2 aliphatic rings. The summed E-state index contributed by atoms with van der Waals surface area (Å²) in [5, 5.41) is 0. The number of nitrogens with two attached hydrogens (primary N) is 1. The van der Waals surface area contributed by atoms with Crippen molar-refractivity contribution in [3.05, 3.63) is 60.2 Å². The molecular formula is C29H41N3O7S. The summed E-state index contributed by atoms with van der Waals surface area (Å²) < 4.78 is 52.0. The normalized spacial score (nSPS) is 22.3. The van der Waals surface area contributed by atoms with Crippen LogP contribution in [0.1, 0.15) is 25.8 Å². The van der Waals surface area contributed by atoms with Crippen LogP contribution in [0.4, 0.5) is 10.5 Å². The van der Waals surface area contributed by atoms with Crippen LogP contribution in [0.25, 0.3) is 0 Å². The first-order chi connectivity index (χ1) is 19.1. The molecule has 2 N–H and O–H groups in total. The van der Waals surface area contributed by atoms with Gasteiger partial charge in [0.1, 0.15) is 6.10 Å². The van der Waals surface area contributed by atoms with Crippen LogP contribution < -0.4 is 5.73 Å². The van der Waals surface area contributed by atoms with Gasteiger partial charge in [0.05, 0.1) is 36.2 Å². The highest BCUT2D eigenvalue weighted by atomic mass is 32.2. The fourth-order valence-corrected chi connectivity index (χ4v) is 6.91. The molecule has 0 unspecified atom stereocenters. The van der Waals surface area contributed by atoms with Gasteiger partial charge < -0.3 is 29.6 Å². The number of hydrogen-bond donors (Lipinski definition) is 1. The van der Waals surface area contributed by atoms with Gasteiger partial charge in [0.25, 0.3) is 0 Å². The Morgan fingerprint density at radius 2 is 1.77 bits per heavy atom. The fraction of sp³-hybridized carbons (Fsp3) is 0.552. The fourth-order valence-electron chi connectivity index (χ4n) is 5.29. The van der Waals surface area contributed by atoms with E-state index in [0.717, 1.165) is 12.0 Å². The van der Waals surface area contributed by atoms with Crippen molar-refractivity contribution in [2.24, 2.45) is 11.8 Å². The summed E-state index contributed by atoms with van der Waals surface area (Å²) in [4.78, 5) is 15.1. The lowest BCUT2D eigenvalue weighted by Gasteiger charge is -2.37. The lowest BCUT2D eigenvalue weighted by molar-refractivity contribution is -0.0907. The quantitative estimate of drug-likeness (QED) is 0.383. The Morgan fingerprint density at radius 3 is 2.42 bits per heavy atom. The van der Waals surface area contributed by atoms with Crippen molar-refractivity contribution < 1.29 is 32.2 Å². The van der Waals surface area contributed by atoms with Gasteiger partial charge in [0, 0.05) is 32.9 Å². The lowest BCUT2D eigenvalue weighted by atomic mass is 9.99. The number of likely N-dealkylation sites (N-methyl/N-ethyl adjacent to an activating group) is 1. The minimum absolute atomic E-state index is 0.00901. The van der Waals surface area contributed by atoms with Crippen LogP contribution in [0.5, 0.6) is 0 Å². The molecule has 1 amide bonds. The maximum absolute atomic E-state index is 13.7. The maximum Gasteiger partial charge on any atom is 0.410 e. The molecule has 0 aromatic heterocycles. The van der Waals surface area contributed by atoms with Crippen LogP contribution in [-0.2, 0) is 35.4 Å². The third kappa shape index (κ3) is 7.13. The van der Waals surface area contributed by atoms with E-state index in [4.69, 9.17) is 24.7 Å². The average molecular weight is 576 g/mol. The molecule has 5 atom stereocenters. The van der Waals surface area contributed by atoms with E-state index in [2.05, 4.69) is 0 Å². The minimum Gasteiger partial charge on any atom is -0.443 e. The molecule has 11 heteroatoms. The molecule has 2 aromatic carbocycles. The summed E-state index contributed by atoms with van der Waals surface area (Å²) in [5.41, 5.74) is 7.27. The van der Waals surface area contributed by atoms with Gasteiger partial charge in [-0.15, -0.1) is 0 Å². The molecule has 0 saturated carbocycles. The number of fused-ring (bicyclic) bond motifs is 1. The van der Waals surface area contributed by atoms with Crippen LogP contribution in [-0.4, -0.2) is 88.7 Å². The first kappa shape index (κ1) is 30.3. The number of nitrogen functional groups attached to an aromatic ring is 1. The molecule has 0 aliphatic carbocycles. The molecule has 0 bridgehead atoms. The van der Waals surface area contributed by atoms with Crippen LogP contribution in [0.15, 0.2) is 59.5 Å². The van der Waals surface area contributed by atoms with E-state index in [9.17, 15) is 13.2 Å². The molecule has 2 aliphatic heterocycles. The molecule has 0 radical (unpaired) electrons. The third-order valence-electron chi connectivity index (χ3n) is 7.51. The highest BCUT2D eigenvalue weighted by Gasteiger charge is 2.45. The number of rotatable bonds is 12. The SMILES string of the molecule is CO[C@H](CN(CC(C)C)S(=O)(=O)c1ccc(N)cc1)[C@H](Cc1ccccc1)N(C)C(=O)O[C@H]1CO[C@H]2OCC[C@H]21. The summed E-state index contributed by atoms with van der Waals surface area (Å²) >= 11 is 0. The predicted octanol–water partition coefficient (Wildman–Crippen LogP) is 3.37. The Hall–Kier alpha value is -2.70. The molecule has 0 spiro atoms. The molecule has 10 nitrogen and oxygen atoms in total. The summed E-state index contributed by atoms with van der Waals surface area (Å²) in [7, 11) is -0.660. The molecule has 2 heterocycles. The van der Waals surface area contributed by atoms with E-state index in [1.807, 2.05) is 44.2 Å². The Balaban J connectivity index is 1.59. The second kappa shape index (κ2) is 13.3. The number of benzene rings is 2. The van der Waals surface area contributed by atoms with Gasteiger partial charge >= 0.3 is 6.09 Å². The number of sulfonamides is 1. The zero-order valence-electron chi connectivity index (χ0n) is 23.6. The maximum atomic E-state index is 13.7. The highest BCUT2D eigenvalue weighted by molar-refractivity contribution is 7.89. The van der Waals surface area contributed by atoms with Crippen LogP contribution in [0.2, 0.25) is 0 Å². The van der Waals surface area contributed by atoms with Crippen molar-refractivity contribution in [3.8, 4) is 0 Å². The number of hydrogen-bond acceptors (Lipinski definition) is 8. The van der Waals surface area contributed by atoms with Crippen LogP contribution in [0.3, 0.4) is 0 Å². The summed E-state index contributed by atoms with van der Waals surface area (Å²) in [6.45, 7) is 5.11. The van der Waals surface area contributed by atoms with Gasteiger partial charge in [0.2, 0.25) is 10.0 Å². The largest absolute Gasteiger partial charge is 0.443 e. The van der Waals surface area contributed by atoms with Crippen molar-refractivity contribution in [3.63, 3.8) is 0 Å². The first-order valence-corrected chi connectivity index (χ1v) is 15.1. The Kier molecular flexibility index (Phi) is 10.1. The lowest BCUT2D eigenvalue weighted by Crippen LogP contribution is -2.53. The number of amides is 1. The van der Waals surface area contributed by atoms with Crippen molar-refractivity contribution in [1.29, 1.82) is 0 Å². The van der Waals surface area contributed by atoms with Crippen LogP contribution >= 0.6 is 0 Å². The van der Waals surface area contributed by atoms with E-state index in [0.29, 0.717) is 18.7 Å². The van der Waals surface area contributed by atoms with Crippen molar-refractivity contribution >= 4 is 21.8 Å².